The zero-order valence-electron chi connectivity index (χ0n) is 11.8. The van der Waals surface area contributed by atoms with E-state index in [-0.39, 0.29) is 5.69 Å². The van der Waals surface area contributed by atoms with Crippen molar-refractivity contribution in [2.45, 2.75) is 19.0 Å². The number of nitrogens with zero attached hydrogens (tertiary/aromatic N) is 3. The largest absolute Gasteiger partial charge is 0.418 e. The predicted molar refractivity (Wildman–Crippen MR) is 78.2 cm³/mol. The van der Waals surface area contributed by atoms with Crippen molar-refractivity contribution in [1.82, 2.24) is 9.97 Å². The van der Waals surface area contributed by atoms with Crippen LogP contribution in [0.1, 0.15) is 18.4 Å². The molecule has 1 fully saturated rings. The minimum atomic E-state index is -4.41. The highest BCUT2D eigenvalue weighted by Crippen LogP contribution is 2.35. The number of nitrogens with one attached hydrogen (secondary N) is 1. The van der Waals surface area contributed by atoms with Gasteiger partial charge in [-0.15, -0.1) is 0 Å². The first-order chi connectivity index (χ1) is 10.5. The van der Waals surface area contributed by atoms with Gasteiger partial charge < -0.3 is 10.2 Å². The number of aromatic nitrogens is 2. The Balaban J connectivity index is 1.86. The van der Waals surface area contributed by atoms with Crippen LogP contribution in [0, 0.1) is 0 Å². The van der Waals surface area contributed by atoms with Crippen LogP contribution in [0.25, 0.3) is 0 Å². The second kappa shape index (κ2) is 5.82. The van der Waals surface area contributed by atoms with Crippen molar-refractivity contribution in [2.75, 3.05) is 23.3 Å². The van der Waals surface area contributed by atoms with Crippen LogP contribution in [0.15, 0.2) is 36.5 Å². The Labute approximate surface area is 126 Å². The quantitative estimate of drug-likeness (QED) is 0.935. The molecule has 0 spiro atoms. The fourth-order valence-electron chi connectivity index (χ4n) is 2.46. The van der Waals surface area contributed by atoms with E-state index in [0.29, 0.717) is 11.8 Å². The number of anilines is 3. The maximum Gasteiger partial charge on any atom is 0.418 e. The second-order valence-corrected chi connectivity index (χ2v) is 5.10. The molecule has 0 unspecified atom stereocenters. The van der Waals surface area contributed by atoms with Crippen LogP contribution in [0.3, 0.4) is 0 Å². The van der Waals surface area contributed by atoms with Gasteiger partial charge in [-0.05, 0) is 31.0 Å². The zero-order valence-corrected chi connectivity index (χ0v) is 11.8. The summed E-state index contributed by atoms with van der Waals surface area (Å²) in [7, 11) is 0. The maximum absolute atomic E-state index is 13.0. The molecule has 116 valence electrons. The Hall–Kier alpha value is -2.31. The molecule has 3 rings (SSSR count). The number of hydrogen-bond acceptors (Lipinski definition) is 4. The number of para-hydroxylation sites is 1. The summed E-state index contributed by atoms with van der Waals surface area (Å²) in [4.78, 5) is 10.5. The monoisotopic (exact) mass is 308 g/mol. The number of hydrogen-bond donors (Lipinski definition) is 1. The van der Waals surface area contributed by atoms with E-state index in [0.717, 1.165) is 32.0 Å². The van der Waals surface area contributed by atoms with Crippen LogP contribution in [0.2, 0.25) is 0 Å². The van der Waals surface area contributed by atoms with Gasteiger partial charge in [0.1, 0.15) is 5.82 Å². The van der Waals surface area contributed by atoms with Crippen molar-refractivity contribution in [2.24, 2.45) is 0 Å². The SMILES string of the molecule is FC(F)(F)c1ccccc1Nc1ccnc(N2CCCC2)n1. The molecule has 0 amide bonds. The highest BCUT2D eigenvalue weighted by atomic mass is 19.4. The molecule has 1 N–H and O–H groups in total. The summed E-state index contributed by atoms with van der Waals surface area (Å²) in [6.07, 6.45) is -0.691. The molecule has 22 heavy (non-hydrogen) atoms. The Bertz CT molecular complexity index is 651. The molecular weight excluding hydrogens is 293 g/mol. The lowest BCUT2D eigenvalue weighted by Crippen LogP contribution is -2.20. The molecule has 1 aromatic carbocycles. The predicted octanol–water partition coefficient (Wildman–Crippen LogP) is 3.84. The molecule has 2 heterocycles. The van der Waals surface area contributed by atoms with Gasteiger partial charge in [-0.1, -0.05) is 12.1 Å². The van der Waals surface area contributed by atoms with E-state index in [9.17, 15) is 13.2 Å². The van der Waals surface area contributed by atoms with Crippen molar-refractivity contribution in [3.63, 3.8) is 0 Å². The Kier molecular flexibility index (Phi) is 3.87. The maximum atomic E-state index is 13.0. The highest BCUT2D eigenvalue weighted by Gasteiger charge is 2.33. The van der Waals surface area contributed by atoms with Crippen molar-refractivity contribution in [1.29, 1.82) is 0 Å². The van der Waals surface area contributed by atoms with Gasteiger partial charge in [-0.2, -0.15) is 18.2 Å². The van der Waals surface area contributed by atoms with Crippen LogP contribution in [-0.2, 0) is 6.18 Å². The van der Waals surface area contributed by atoms with Crippen molar-refractivity contribution < 1.29 is 13.2 Å². The van der Waals surface area contributed by atoms with Crippen molar-refractivity contribution in [3.8, 4) is 0 Å². The van der Waals surface area contributed by atoms with E-state index in [1.54, 1.807) is 18.3 Å². The number of alkyl halides is 3. The van der Waals surface area contributed by atoms with E-state index in [4.69, 9.17) is 0 Å². The van der Waals surface area contributed by atoms with Gasteiger partial charge in [0.2, 0.25) is 5.95 Å². The topological polar surface area (TPSA) is 41.1 Å². The summed E-state index contributed by atoms with van der Waals surface area (Å²) in [5.41, 5.74) is -0.725. The van der Waals surface area contributed by atoms with Gasteiger partial charge in [-0.3, -0.25) is 0 Å². The van der Waals surface area contributed by atoms with Gasteiger partial charge in [0.05, 0.1) is 11.3 Å². The van der Waals surface area contributed by atoms with Crippen molar-refractivity contribution >= 4 is 17.5 Å². The molecule has 2 aromatic rings. The lowest BCUT2D eigenvalue weighted by atomic mass is 10.1. The fraction of sp³-hybridized carbons (Fsp3) is 0.333. The van der Waals surface area contributed by atoms with Gasteiger partial charge in [0, 0.05) is 19.3 Å². The minimum absolute atomic E-state index is 0.0129. The van der Waals surface area contributed by atoms with Crippen LogP contribution in [-0.4, -0.2) is 23.1 Å². The fourth-order valence-corrected chi connectivity index (χ4v) is 2.46. The normalized spacial score (nSPS) is 15.1. The molecule has 0 atom stereocenters. The van der Waals surface area contributed by atoms with E-state index in [1.165, 1.54) is 12.1 Å². The molecule has 1 aromatic heterocycles. The molecule has 1 aliphatic heterocycles. The highest BCUT2D eigenvalue weighted by molar-refractivity contribution is 5.62. The molecule has 7 heteroatoms. The summed E-state index contributed by atoms with van der Waals surface area (Å²) in [5, 5.41) is 2.75. The molecule has 0 bridgehead atoms. The summed E-state index contributed by atoms with van der Waals surface area (Å²) in [6, 6.07) is 6.92. The van der Waals surface area contributed by atoms with Crippen LogP contribution < -0.4 is 10.2 Å². The molecule has 4 nitrogen and oxygen atoms in total. The van der Waals surface area contributed by atoms with Crippen LogP contribution >= 0.6 is 0 Å². The summed E-state index contributed by atoms with van der Waals surface area (Å²) in [6.45, 7) is 1.76. The molecule has 1 aliphatic rings. The zero-order chi connectivity index (χ0) is 15.6. The molecule has 0 radical (unpaired) electrons. The minimum Gasteiger partial charge on any atom is -0.341 e. The van der Waals surface area contributed by atoms with Crippen LogP contribution in [0.4, 0.5) is 30.6 Å². The lowest BCUT2D eigenvalue weighted by Gasteiger charge is -2.17. The summed E-state index contributed by atoms with van der Waals surface area (Å²) < 4.78 is 39.0. The summed E-state index contributed by atoms with van der Waals surface area (Å²) >= 11 is 0. The Morgan fingerprint density at radius 1 is 1.05 bits per heavy atom. The Morgan fingerprint density at radius 2 is 1.77 bits per heavy atom. The third kappa shape index (κ3) is 3.13. The Morgan fingerprint density at radius 3 is 2.50 bits per heavy atom. The average molecular weight is 308 g/mol. The number of benzene rings is 1. The van der Waals surface area contributed by atoms with Gasteiger partial charge in [-0.25, -0.2) is 4.98 Å². The number of rotatable bonds is 3. The third-order valence-corrected chi connectivity index (χ3v) is 3.53. The number of halogens is 3. The summed E-state index contributed by atoms with van der Waals surface area (Å²) in [5.74, 6) is 0.903. The molecule has 1 saturated heterocycles. The van der Waals surface area contributed by atoms with Gasteiger partial charge >= 0.3 is 6.18 Å². The molecule has 0 saturated carbocycles. The first kappa shape index (κ1) is 14.6. The van der Waals surface area contributed by atoms with E-state index in [2.05, 4.69) is 15.3 Å². The second-order valence-electron chi connectivity index (χ2n) is 5.10. The van der Waals surface area contributed by atoms with Crippen molar-refractivity contribution in [3.05, 3.63) is 42.1 Å². The first-order valence-corrected chi connectivity index (χ1v) is 7.05. The smallest absolute Gasteiger partial charge is 0.341 e. The standard InChI is InChI=1S/C15H15F3N4/c16-15(17,18)11-5-1-2-6-12(11)20-13-7-8-19-14(21-13)22-9-3-4-10-22/h1-2,5-8H,3-4,9-10H2,(H,19,20,21). The average Bonchev–Trinajstić information content (AvgIpc) is 3.01. The van der Waals surface area contributed by atoms with E-state index < -0.39 is 11.7 Å². The van der Waals surface area contributed by atoms with E-state index in [1.807, 2.05) is 4.90 Å². The lowest BCUT2D eigenvalue weighted by molar-refractivity contribution is -0.136. The molecule has 0 aliphatic carbocycles. The first-order valence-electron chi connectivity index (χ1n) is 7.05. The van der Waals surface area contributed by atoms with E-state index >= 15 is 0 Å². The van der Waals surface area contributed by atoms with Gasteiger partial charge in [0.25, 0.3) is 0 Å². The molecular formula is C15H15F3N4. The third-order valence-electron chi connectivity index (χ3n) is 3.53. The van der Waals surface area contributed by atoms with Gasteiger partial charge in [0.15, 0.2) is 0 Å². The van der Waals surface area contributed by atoms with Crippen LogP contribution in [0.5, 0.6) is 0 Å².